The van der Waals surface area contributed by atoms with Gasteiger partial charge in [0.15, 0.2) is 5.11 Å². The number of hydrogen-bond donors (Lipinski definition) is 2. The van der Waals surface area contributed by atoms with Crippen LogP contribution in [-0.2, 0) is 4.74 Å². The molecule has 104 valence electrons. The lowest BCUT2D eigenvalue weighted by atomic mass is 10.2. The summed E-state index contributed by atoms with van der Waals surface area (Å²) in [6.07, 6.45) is 1.04. The first-order valence-corrected chi connectivity index (χ1v) is 5.98. The molecule has 0 spiro atoms. The van der Waals surface area contributed by atoms with Crippen LogP contribution in [0.2, 0.25) is 0 Å². The third-order valence-corrected chi connectivity index (χ3v) is 2.36. The van der Waals surface area contributed by atoms with Gasteiger partial charge in [0.05, 0.1) is 18.4 Å². The lowest BCUT2D eigenvalue weighted by molar-refractivity contribution is 0.179. The Labute approximate surface area is 115 Å². The Morgan fingerprint density at radius 1 is 1.47 bits per heavy atom. The summed E-state index contributed by atoms with van der Waals surface area (Å²) in [6.45, 7) is 2.35. The van der Waals surface area contributed by atoms with Crippen molar-refractivity contribution >= 4 is 23.5 Å². The molecule has 1 rings (SSSR count). The summed E-state index contributed by atoms with van der Waals surface area (Å²) < 4.78 is 31.4. The van der Waals surface area contributed by atoms with Gasteiger partial charge in [-0.15, -0.1) is 0 Å². The molecule has 0 unspecified atom stereocenters. The molecule has 0 radical (unpaired) electrons. The first-order valence-electron chi connectivity index (χ1n) is 5.57. The first-order chi connectivity index (χ1) is 9.04. The van der Waals surface area contributed by atoms with Gasteiger partial charge in [0.25, 0.3) is 0 Å². The molecule has 1 aromatic carbocycles. The Balaban J connectivity index is 2.52. The van der Waals surface area contributed by atoms with Crippen LogP contribution in [-0.4, -0.2) is 31.1 Å². The van der Waals surface area contributed by atoms with Gasteiger partial charge in [0.2, 0.25) is 0 Å². The van der Waals surface area contributed by atoms with Crippen molar-refractivity contribution in [3.63, 3.8) is 0 Å². The third-order valence-electron chi connectivity index (χ3n) is 2.15. The van der Waals surface area contributed by atoms with E-state index in [9.17, 15) is 8.78 Å². The molecule has 1 atom stereocenters. The summed E-state index contributed by atoms with van der Waals surface area (Å²) in [6, 6.07) is 3.60. The monoisotopic (exact) mass is 287 g/mol. The highest BCUT2D eigenvalue weighted by Crippen LogP contribution is 2.08. The van der Waals surface area contributed by atoms with Gasteiger partial charge in [-0.25, -0.2) is 8.78 Å². The predicted molar refractivity (Wildman–Crippen MR) is 74.2 cm³/mol. The number of hydrogen-bond acceptors (Lipinski definition) is 3. The summed E-state index contributed by atoms with van der Waals surface area (Å²) in [5.41, 5.74) is 2.26. The number of ether oxygens (including phenoxy) is 1. The van der Waals surface area contributed by atoms with Crippen LogP contribution in [0, 0.1) is 11.6 Å². The van der Waals surface area contributed by atoms with Gasteiger partial charge in [-0.2, -0.15) is 5.10 Å². The summed E-state index contributed by atoms with van der Waals surface area (Å²) in [4.78, 5) is 0. The molecule has 0 aliphatic heterocycles. The molecule has 0 bridgehead atoms. The second-order valence-corrected chi connectivity index (χ2v) is 4.24. The normalized spacial score (nSPS) is 12.4. The van der Waals surface area contributed by atoms with E-state index in [0.29, 0.717) is 6.61 Å². The van der Waals surface area contributed by atoms with E-state index in [-0.39, 0.29) is 16.7 Å². The molecule has 0 saturated heterocycles. The molecule has 0 saturated carbocycles. The number of hydrazone groups is 1. The number of halogens is 2. The molecule has 7 heteroatoms. The van der Waals surface area contributed by atoms with Crippen LogP contribution in [0.25, 0.3) is 0 Å². The Hall–Kier alpha value is -1.60. The highest BCUT2D eigenvalue weighted by Gasteiger charge is 2.05. The molecule has 2 N–H and O–H groups in total. The van der Waals surface area contributed by atoms with Gasteiger partial charge in [0.1, 0.15) is 11.6 Å². The van der Waals surface area contributed by atoms with E-state index in [2.05, 4.69) is 15.8 Å². The van der Waals surface area contributed by atoms with E-state index in [1.165, 1.54) is 6.07 Å². The number of methoxy groups -OCH3 is 1. The van der Waals surface area contributed by atoms with Crippen LogP contribution < -0.4 is 10.7 Å². The molecule has 0 heterocycles. The van der Waals surface area contributed by atoms with Crippen LogP contribution in [0.3, 0.4) is 0 Å². The molecule has 1 aromatic rings. The molecule has 4 nitrogen and oxygen atoms in total. The SMILES string of the molecule is COC[C@H](C)NC(=S)N/N=C\c1c(F)cccc1F. The minimum atomic E-state index is -0.683. The Morgan fingerprint density at radius 3 is 2.68 bits per heavy atom. The van der Waals surface area contributed by atoms with Gasteiger partial charge in [-0.3, -0.25) is 5.43 Å². The van der Waals surface area contributed by atoms with Gasteiger partial charge < -0.3 is 10.1 Å². The molecule has 0 aliphatic carbocycles. The van der Waals surface area contributed by atoms with E-state index in [4.69, 9.17) is 17.0 Å². The second kappa shape index (κ2) is 7.75. The largest absolute Gasteiger partial charge is 0.383 e. The van der Waals surface area contributed by atoms with E-state index in [0.717, 1.165) is 18.3 Å². The molecule has 0 fully saturated rings. The van der Waals surface area contributed by atoms with Crippen molar-refractivity contribution in [3.8, 4) is 0 Å². The Morgan fingerprint density at radius 2 is 2.11 bits per heavy atom. The quantitative estimate of drug-likeness (QED) is 0.492. The van der Waals surface area contributed by atoms with E-state index >= 15 is 0 Å². The van der Waals surface area contributed by atoms with Crippen molar-refractivity contribution in [2.45, 2.75) is 13.0 Å². The van der Waals surface area contributed by atoms with Crippen molar-refractivity contribution in [2.24, 2.45) is 5.10 Å². The van der Waals surface area contributed by atoms with E-state index < -0.39 is 11.6 Å². The summed E-state index contributed by atoms with van der Waals surface area (Å²) in [5.74, 6) is -1.37. The van der Waals surface area contributed by atoms with E-state index in [1.54, 1.807) is 7.11 Å². The maximum atomic E-state index is 13.3. The molecule has 0 aliphatic rings. The summed E-state index contributed by atoms with van der Waals surface area (Å²) in [5, 5.41) is 6.81. The summed E-state index contributed by atoms with van der Waals surface area (Å²) in [7, 11) is 1.58. The molecule has 19 heavy (non-hydrogen) atoms. The lowest BCUT2D eigenvalue weighted by Crippen LogP contribution is -2.40. The van der Waals surface area contributed by atoms with Gasteiger partial charge in [-0.1, -0.05) is 6.07 Å². The highest BCUT2D eigenvalue weighted by molar-refractivity contribution is 7.80. The maximum absolute atomic E-state index is 13.3. The minimum Gasteiger partial charge on any atom is -0.383 e. The number of nitrogens with one attached hydrogen (secondary N) is 2. The number of thiocarbonyl (C=S) groups is 1. The molecule has 0 amide bonds. The fourth-order valence-corrected chi connectivity index (χ4v) is 1.59. The average molecular weight is 287 g/mol. The zero-order chi connectivity index (χ0) is 14.3. The van der Waals surface area contributed by atoms with Crippen LogP contribution in [0.4, 0.5) is 8.78 Å². The first kappa shape index (κ1) is 15.5. The van der Waals surface area contributed by atoms with E-state index in [1.807, 2.05) is 6.92 Å². The molecular weight excluding hydrogens is 272 g/mol. The lowest BCUT2D eigenvalue weighted by Gasteiger charge is -2.13. The van der Waals surface area contributed by atoms with Gasteiger partial charge in [0, 0.05) is 13.2 Å². The molecular formula is C12H15F2N3OS. The smallest absolute Gasteiger partial charge is 0.187 e. The molecule has 0 aromatic heterocycles. The highest BCUT2D eigenvalue weighted by atomic mass is 32.1. The van der Waals surface area contributed by atoms with Gasteiger partial charge >= 0.3 is 0 Å². The van der Waals surface area contributed by atoms with Crippen LogP contribution in [0.15, 0.2) is 23.3 Å². The Bertz CT molecular complexity index is 448. The number of rotatable bonds is 5. The zero-order valence-electron chi connectivity index (χ0n) is 10.6. The van der Waals surface area contributed by atoms with Gasteiger partial charge in [-0.05, 0) is 31.3 Å². The second-order valence-electron chi connectivity index (χ2n) is 3.84. The average Bonchev–Trinajstić information content (AvgIpc) is 2.33. The maximum Gasteiger partial charge on any atom is 0.187 e. The number of nitrogens with zero attached hydrogens (tertiary/aromatic N) is 1. The van der Waals surface area contributed by atoms with Crippen molar-refractivity contribution in [1.29, 1.82) is 0 Å². The fraction of sp³-hybridized carbons (Fsp3) is 0.333. The van der Waals surface area contributed by atoms with Crippen molar-refractivity contribution in [2.75, 3.05) is 13.7 Å². The number of benzene rings is 1. The Kier molecular flexibility index (Phi) is 6.31. The topological polar surface area (TPSA) is 45.6 Å². The van der Waals surface area contributed by atoms with Crippen LogP contribution in [0.5, 0.6) is 0 Å². The van der Waals surface area contributed by atoms with Crippen molar-refractivity contribution in [3.05, 3.63) is 35.4 Å². The van der Waals surface area contributed by atoms with Crippen molar-refractivity contribution in [1.82, 2.24) is 10.7 Å². The zero-order valence-corrected chi connectivity index (χ0v) is 11.4. The van der Waals surface area contributed by atoms with Crippen LogP contribution >= 0.6 is 12.2 Å². The third kappa shape index (κ3) is 5.27. The predicted octanol–water partition coefficient (Wildman–Crippen LogP) is 1.80. The minimum absolute atomic E-state index is 0.00500. The fourth-order valence-electron chi connectivity index (χ4n) is 1.34. The summed E-state index contributed by atoms with van der Waals surface area (Å²) >= 11 is 4.95. The standard InChI is InChI=1S/C12H15F2N3OS/c1-8(7-18-2)16-12(19)17-15-6-9-10(13)4-3-5-11(9)14/h3-6,8H,7H2,1-2H3,(H2,16,17,19)/b15-6-/t8-/m0/s1. The van der Waals surface area contributed by atoms with Crippen molar-refractivity contribution < 1.29 is 13.5 Å². The van der Waals surface area contributed by atoms with Crippen LogP contribution in [0.1, 0.15) is 12.5 Å².